The topological polar surface area (TPSA) is 65.3 Å². The van der Waals surface area contributed by atoms with Crippen molar-refractivity contribution in [2.24, 2.45) is 5.73 Å². The van der Waals surface area contributed by atoms with Crippen LogP contribution in [-0.2, 0) is 6.54 Å². The Bertz CT molecular complexity index is 1070. The van der Waals surface area contributed by atoms with Gasteiger partial charge in [0, 0.05) is 29.7 Å². The molecule has 5 N–H and O–H groups in total. The molecule has 2 heterocycles. The van der Waals surface area contributed by atoms with Crippen LogP contribution >= 0.6 is 0 Å². The summed E-state index contributed by atoms with van der Waals surface area (Å²) in [6.07, 6.45) is 2.04. The zero-order valence-corrected chi connectivity index (χ0v) is 17.1. The van der Waals surface area contributed by atoms with Crippen LogP contribution in [-0.4, -0.2) is 12.7 Å². The lowest BCUT2D eigenvalue weighted by molar-refractivity contribution is 0.616. The van der Waals surface area contributed by atoms with E-state index in [9.17, 15) is 0 Å². The van der Waals surface area contributed by atoms with E-state index in [1.165, 1.54) is 22.4 Å². The van der Waals surface area contributed by atoms with Gasteiger partial charge in [0.2, 0.25) is 0 Å². The molecule has 0 radical (unpaired) electrons. The van der Waals surface area contributed by atoms with Gasteiger partial charge in [0.15, 0.2) is 0 Å². The molecule has 5 nitrogen and oxygen atoms in total. The van der Waals surface area contributed by atoms with Gasteiger partial charge in [-0.1, -0.05) is 60.2 Å². The summed E-state index contributed by atoms with van der Waals surface area (Å²) in [5.41, 5.74) is 14.5. The molecule has 2 unspecified atom stereocenters. The normalized spacial score (nSPS) is 19.2. The highest BCUT2D eigenvalue weighted by atomic mass is 15.4. The van der Waals surface area contributed by atoms with Crippen LogP contribution in [0.3, 0.4) is 0 Å². The summed E-state index contributed by atoms with van der Waals surface area (Å²) >= 11 is 0. The average molecular weight is 398 g/mol. The maximum atomic E-state index is 6.42. The quantitative estimate of drug-likeness (QED) is 0.517. The lowest BCUT2D eigenvalue weighted by Crippen LogP contribution is -2.46. The number of para-hydroxylation sites is 3. The van der Waals surface area contributed by atoms with Crippen molar-refractivity contribution in [1.82, 2.24) is 5.32 Å². The number of hydrogen-bond donors (Lipinski definition) is 4. The van der Waals surface area contributed by atoms with Crippen LogP contribution in [0.5, 0.6) is 0 Å². The first-order chi connectivity index (χ1) is 14.7. The Hall–Kier alpha value is -3.60. The first-order valence-electron chi connectivity index (χ1n) is 10.4. The van der Waals surface area contributed by atoms with E-state index in [0.717, 1.165) is 23.6 Å². The van der Waals surface area contributed by atoms with Crippen LogP contribution in [0.25, 0.3) is 0 Å². The van der Waals surface area contributed by atoms with Gasteiger partial charge < -0.3 is 26.6 Å². The second-order valence-corrected chi connectivity index (χ2v) is 8.03. The molecular formula is C25H27N5. The van der Waals surface area contributed by atoms with Crippen LogP contribution in [0.1, 0.15) is 22.7 Å². The van der Waals surface area contributed by atoms with Gasteiger partial charge in [0.05, 0.1) is 24.0 Å². The molecule has 3 aromatic carbocycles. The van der Waals surface area contributed by atoms with Gasteiger partial charge in [-0.2, -0.15) is 0 Å². The van der Waals surface area contributed by atoms with Gasteiger partial charge in [0.25, 0.3) is 0 Å². The zero-order chi connectivity index (χ0) is 20.5. The lowest BCUT2D eigenvalue weighted by Gasteiger charge is -2.37. The molecule has 0 saturated carbocycles. The van der Waals surface area contributed by atoms with Crippen molar-refractivity contribution in [3.8, 4) is 0 Å². The fourth-order valence-corrected chi connectivity index (χ4v) is 4.32. The number of hydrogen-bond acceptors (Lipinski definition) is 5. The van der Waals surface area contributed by atoms with Crippen molar-refractivity contribution >= 4 is 17.1 Å². The third-order valence-electron chi connectivity index (χ3n) is 5.84. The van der Waals surface area contributed by atoms with E-state index < -0.39 is 0 Å². The summed E-state index contributed by atoms with van der Waals surface area (Å²) in [7, 11) is 0. The summed E-state index contributed by atoms with van der Waals surface area (Å²) < 4.78 is 0. The molecule has 5 heteroatoms. The second-order valence-electron chi connectivity index (χ2n) is 8.03. The van der Waals surface area contributed by atoms with Crippen LogP contribution < -0.4 is 26.6 Å². The first kappa shape index (κ1) is 18.4. The lowest BCUT2D eigenvalue weighted by atomic mass is 10.0. The molecule has 0 aliphatic carbocycles. The number of nitrogens with zero attached hydrogens (tertiary/aromatic N) is 1. The van der Waals surface area contributed by atoms with E-state index in [-0.39, 0.29) is 12.2 Å². The third-order valence-corrected chi connectivity index (χ3v) is 5.84. The van der Waals surface area contributed by atoms with Gasteiger partial charge in [-0.3, -0.25) is 0 Å². The van der Waals surface area contributed by atoms with E-state index in [0.29, 0.717) is 6.54 Å². The maximum absolute atomic E-state index is 6.42. The molecular weight excluding hydrogens is 370 g/mol. The number of nitrogens with two attached hydrogens (primary N) is 1. The van der Waals surface area contributed by atoms with Crippen molar-refractivity contribution in [3.63, 3.8) is 0 Å². The van der Waals surface area contributed by atoms with E-state index in [2.05, 4.69) is 101 Å². The Balaban J connectivity index is 1.33. The van der Waals surface area contributed by atoms with E-state index in [1.807, 2.05) is 6.20 Å². The molecule has 2 aliphatic heterocycles. The molecule has 30 heavy (non-hydrogen) atoms. The number of rotatable bonds is 5. The highest BCUT2D eigenvalue weighted by Gasteiger charge is 2.41. The van der Waals surface area contributed by atoms with Crippen molar-refractivity contribution in [3.05, 3.63) is 101 Å². The third kappa shape index (κ3) is 3.43. The number of fused-ring (bicyclic) bond motifs is 4. The number of anilines is 3. The molecule has 0 aromatic heterocycles. The van der Waals surface area contributed by atoms with Crippen molar-refractivity contribution in [2.45, 2.75) is 25.7 Å². The minimum atomic E-state index is 0.112. The Morgan fingerprint density at radius 1 is 0.967 bits per heavy atom. The predicted octanol–water partition coefficient (Wildman–Crippen LogP) is 4.31. The van der Waals surface area contributed by atoms with Gasteiger partial charge >= 0.3 is 0 Å². The van der Waals surface area contributed by atoms with Crippen molar-refractivity contribution in [2.75, 3.05) is 22.1 Å². The smallest absolute Gasteiger partial charge is 0.125 e. The molecule has 3 aromatic rings. The predicted molar refractivity (Wildman–Crippen MR) is 124 cm³/mol. The standard InChI is InChI=1S/C25H27N5/c1-17-10-12-18(13-11-17)14-27-15-19(26)16-30-23-9-5-2-6-20(23)24-25(30)29-22-8-4-3-7-21(22)28-24/h2-13,15,24-25,27-29H,14,16,26H2,1H3/b19-15-. The Labute approximate surface area is 177 Å². The highest BCUT2D eigenvalue weighted by Crippen LogP contribution is 2.45. The van der Waals surface area contributed by atoms with Crippen LogP contribution in [0, 0.1) is 6.92 Å². The number of benzene rings is 3. The summed E-state index contributed by atoms with van der Waals surface area (Å²) in [4.78, 5) is 2.35. The largest absolute Gasteiger partial charge is 0.399 e. The summed E-state index contributed by atoms with van der Waals surface area (Å²) in [5, 5.41) is 10.8. The summed E-state index contributed by atoms with van der Waals surface area (Å²) in [6.45, 7) is 3.51. The van der Waals surface area contributed by atoms with Gasteiger partial charge in [-0.25, -0.2) is 0 Å². The average Bonchev–Trinajstić information content (AvgIpc) is 3.06. The van der Waals surface area contributed by atoms with Crippen molar-refractivity contribution < 1.29 is 0 Å². The molecule has 5 rings (SSSR count). The SMILES string of the molecule is Cc1ccc(CN/C=C(\N)CN2c3ccccc3C3Nc4ccccc4NC32)cc1. The maximum Gasteiger partial charge on any atom is 0.125 e. The molecule has 2 aliphatic rings. The monoisotopic (exact) mass is 397 g/mol. The fourth-order valence-electron chi connectivity index (χ4n) is 4.32. The Morgan fingerprint density at radius 3 is 2.47 bits per heavy atom. The van der Waals surface area contributed by atoms with Gasteiger partial charge in [-0.15, -0.1) is 0 Å². The van der Waals surface area contributed by atoms with Crippen LogP contribution in [0.15, 0.2) is 84.7 Å². The van der Waals surface area contributed by atoms with E-state index in [1.54, 1.807) is 0 Å². The van der Waals surface area contributed by atoms with Crippen molar-refractivity contribution in [1.29, 1.82) is 0 Å². The van der Waals surface area contributed by atoms with Gasteiger partial charge in [-0.05, 0) is 30.7 Å². The van der Waals surface area contributed by atoms with E-state index in [4.69, 9.17) is 5.73 Å². The minimum Gasteiger partial charge on any atom is -0.399 e. The first-order valence-corrected chi connectivity index (χ1v) is 10.4. The second kappa shape index (κ2) is 7.67. The number of nitrogens with one attached hydrogen (secondary N) is 3. The highest BCUT2D eigenvalue weighted by molar-refractivity contribution is 5.77. The molecule has 2 atom stereocenters. The fraction of sp³-hybridized carbons (Fsp3) is 0.200. The van der Waals surface area contributed by atoms with Gasteiger partial charge in [0.1, 0.15) is 6.17 Å². The Morgan fingerprint density at radius 2 is 1.67 bits per heavy atom. The molecule has 0 spiro atoms. The summed E-state index contributed by atoms with van der Waals surface area (Å²) in [6, 6.07) is 25.6. The number of aryl methyl sites for hydroxylation is 1. The molecule has 152 valence electrons. The molecule has 0 amide bonds. The molecule has 0 fully saturated rings. The molecule has 0 saturated heterocycles. The molecule has 0 bridgehead atoms. The zero-order valence-electron chi connectivity index (χ0n) is 17.1. The Kier molecular flexibility index (Phi) is 4.71. The minimum absolute atomic E-state index is 0.112. The van der Waals surface area contributed by atoms with E-state index >= 15 is 0 Å². The summed E-state index contributed by atoms with van der Waals surface area (Å²) in [5.74, 6) is 0. The van der Waals surface area contributed by atoms with Crippen LogP contribution in [0.4, 0.5) is 17.1 Å². The van der Waals surface area contributed by atoms with Crippen LogP contribution in [0.2, 0.25) is 0 Å².